The molecule has 0 bridgehead atoms. The van der Waals surface area contributed by atoms with E-state index in [1.807, 2.05) is 6.07 Å². The number of aromatic nitrogens is 10. The molecule has 24 nitrogen and oxygen atoms in total. The van der Waals surface area contributed by atoms with Gasteiger partial charge in [0.2, 0.25) is 29.2 Å². The second-order valence-electron chi connectivity index (χ2n) is 15.7. The van der Waals surface area contributed by atoms with Crippen LogP contribution in [0.5, 0.6) is 0 Å². The Morgan fingerprint density at radius 2 is 1.49 bits per heavy atom. The Bertz CT molecular complexity index is 3020. The molecule has 26 heteroatoms. The van der Waals surface area contributed by atoms with Crippen LogP contribution in [-0.2, 0) is 42.7 Å². The lowest BCUT2D eigenvalue weighted by atomic mass is 9.87. The van der Waals surface area contributed by atoms with Crippen LogP contribution in [-0.4, -0.2) is 87.9 Å². The topological polar surface area (TPSA) is 315 Å². The first-order valence-electron chi connectivity index (χ1n) is 20.5. The number of carbonyl (C=O) groups is 5. The second-order valence-corrected chi connectivity index (χ2v) is 16.4. The summed E-state index contributed by atoms with van der Waals surface area (Å²) in [6.45, 7) is 3.14. The van der Waals surface area contributed by atoms with E-state index >= 15 is 0 Å². The lowest BCUT2D eigenvalue weighted by molar-refractivity contribution is -0.718. The van der Waals surface area contributed by atoms with E-state index in [1.165, 1.54) is 32.6 Å². The van der Waals surface area contributed by atoms with Crippen LogP contribution in [0.25, 0.3) is 28.6 Å². The average molecular weight is 967 g/mol. The number of ether oxygens (including phenoxy) is 3. The molecule has 2 atom stereocenters. The highest BCUT2D eigenvalue weighted by atomic mass is 35.5. The molecule has 0 aromatic carbocycles. The fourth-order valence-electron chi connectivity index (χ4n) is 6.92. The van der Waals surface area contributed by atoms with Crippen molar-refractivity contribution < 1.29 is 42.9 Å². The third-order valence-electron chi connectivity index (χ3n) is 11.1. The van der Waals surface area contributed by atoms with Crippen LogP contribution < -0.4 is 31.7 Å². The van der Waals surface area contributed by atoms with E-state index in [1.54, 1.807) is 76.5 Å². The van der Waals surface area contributed by atoms with Crippen LogP contribution in [0, 0.1) is 22.2 Å². The van der Waals surface area contributed by atoms with Gasteiger partial charge in [0.05, 0.1) is 55.8 Å². The molecule has 7 heterocycles. The number of nitrogens with zero attached hydrogens (tertiary/aromatic N) is 11. The van der Waals surface area contributed by atoms with E-state index in [4.69, 9.17) is 43.1 Å². The predicted molar refractivity (Wildman–Crippen MR) is 238 cm³/mol. The number of hydrogen-bond acceptors (Lipinski definition) is 16. The van der Waals surface area contributed by atoms with E-state index in [-0.39, 0.29) is 63.7 Å². The average Bonchev–Trinajstić information content (AvgIpc) is 3.96. The maximum absolute atomic E-state index is 13.4. The molecule has 2 aliphatic rings. The monoisotopic (exact) mass is 965 g/mol. The Hall–Kier alpha value is -8.14. The number of anilines is 4. The Morgan fingerprint density at radius 1 is 0.853 bits per heavy atom. The largest absolute Gasteiger partial charge is 0.474 e. The molecule has 348 valence electrons. The molecule has 6 aromatic heterocycles. The van der Waals surface area contributed by atoms with Gasteiger partial charge in [-0.2, -0.15) is 5.26 Å². The molecular weight excluding hydrogens is 927 g/mol. The number of aryl methyl sites for hydroxylation is 2. The van der Waals surface area contributed by atoms with Crippen molar-refractivity contribution in [1.82, 2.24) is 44.8 Å². The van der Waals surface area contributed by atoms with Crippen molar-refractivity contribution in [2.45, 2.75) is 38.9 Å². The minimum atomic E-state index is -1.31. The maximum atomic E-state index is 13.4. The van der Waals surface area contributed by atoms with Crippen molar-refractivity contribution in [3.8, 4) is 34.7 Å². The van der Waals surface area contributed by atoms with Crippen molar-refractivity contribution in [2.24, 2.45) is 30.7 Å². The zero-order valence-corrected chi connectivity index (χ0v) is 37.9. The number of pyridine rings is 4. The number of halogens is 2. The van der Waals surface area contributed by atoms with Gasteiger partial charge in [0.25, 0.3) is 5.82 Å². The lowest BCUT2D eigenvalue weighted by Crippen LogP contribution is -2.50. The maximum Gasteiger partial charge on any atom is 0.474 e. The first-order chi connectivity index (χ1) is 32.5. The minimum absolute atomic E-state index is 0.0358. The van der Waals surface area contributed by atoms with Gasteiger partial charge in [-0.05, 0) is 69.2 Å². The summed E-state index contributed by atoms with van der Waals surface area (Å²) in [5.41, 5.74) is 5.23. The zero-order chi connectivity index (χ0) is 48.5. The third kappa shape index (κ3) is 9.17. The summed E-state index contributed by atoms with van der Waals surface area (Å²) < 4.78 is 20.5. The van der Waals surface area contributed by atoms with Gasteiger partial charge in [0, 0.05) is 29.6 Å². The highest BCUT2D eigenvalue weighted by Gasteiger charge is 2.55. The standard InChI is InChI=1S/C42H38Cl2N16O8/c1-21(25-6-5-15-47-32(25)43)67-40(65)54-35-31(28-11-8-23(17-49-28)50-37(62)41(18-45)19-66-20-41)60(57-59(35)4)29-12-9-26(33(44)52-29)22(2)68-39(64)53-34-30(55-56-58(34)3)27-10-7-24(16-48-27)51-38(63)42(13-14-42)36(46)61/h5-12,15-17,21-22,57H,13-14,19-20H2,1-4H3,(H4,46,48,49,50,51,53,54,55,56,61,62,63,64,65)/p+1/t21-,22-/m1/s1. The summed E-state index contributed by atoms with van der Waals surface area (Å²) in [6.07, 6.45) is 1.46. The molecule has 0 unspecified atom stereocenters. The van der Waals surface area contributed by atoms with Crippen LogP contribution in [0.3, 0.4) is 0 Å². The number of primary amides is 1. The van der Waals surface area contributed by atoms with E-state index in [2.05, 4.69) is 56.7 Å². The molecular formula is C42H39Cl2N16O8+. The zero-order valence-electron chi connectivity index (χ0n) is 36.4. The van der Waals surface area contributed by atoms with Crippen LogP contribution in [0.2, 0.25) is 10.3 Å². The molecule has 0 spiro atoms. The van der Waals surface area contributed by atoms with Gasteiger partial charge >= 0.3 is 12.2 Å². The third-order valence-corrected chi connectivity index (χ3v) is 11.7. The quantitative estimate of drug-likeness (QED) is 0.0576. The van der Waals surface area contributed by atoms with Crippen molar-refractivity contribution in [2.75, 3.05) is 34.5 Å². The molecule has 5 amide bonds. The Labute approximate surface area is 395 Å². The SMILES string of the molecule is C[C@@H](OC(=O)Nc1c(-c2ccc(NC(=O)C3(C(N)=O)CC3)cn2)nnn1C)c1ccc(-n2n[n+](C)c(NC(=O)O[C@H](C)c3cccnc3Cl)c2-c2ccc(NC(=O)C3(C#N)COC3)cn2)nc1Cl. The van der Waals surface area contributed by atoms with Crippen LogP contribution >= 0.6 is 23.2 Å². The van der Waals surface area contributed by atoms with Crippen LogP contribution in [0.1, 0.15) is 50.0 Å². The molecule has 6 N–H and O–H groups in total. The van der Waals surface area contributed by atoms with E-state index in [0.717, 1.165) is 0 Å². The summed E-state index contributed by atoms with van der Waals surface area (Å²) in [6, 6.07) is 14.7. The number of nitrogens with two attached hydrogens (primary N) is 1. The number of hydrogen-bond donors (Lipinski definition) is 5. The van der Waals surface area contributed by atoms with E-state index in [0.29, 0.717) is 35.3 Å². The van der Waals surface area contributed by atoms with Gasteiger partial charge in [-0.1, -0.05) is 34.5 Å². The normalized spacial score (nSPS) is 15.1. The fraction of sp³-hybridized carbons (Fsp3) is 0.286. The van der Waals surface area contributed by atoms with Gasteiger partial charge in [-0.15, -0.1) is 14.5 Å². The second kappa shape index (κ2) is 18.6. The molecule has 8 rings (SSSR count). The number of nitrogens with one attached hydrogen (secondary N) is 4. The summed E-state index contributed by atoms with van der Waals surface area (Å²) in [7, 11) is 3.11. The van der Waals surface area contributed by atoms with Gasteiger partial charge in [-0.25, -0.2) is 29.6 Å². The highest BCUT2D eigenvalue weighted by Crippen LogP contribution is 2.46. The molecule has 6 aromatic rings. The van der Waals surface area contributed by atoms with Crippen molar-refractivity contribution in [3.05, 3.63) is 88.6 Å². The van der Waals surface area contributed by atoms with Crippen molar-refractivity contribution in [3.63, 3.8) is 0 Å². The van der Waals surface area contributed by atoms with Crippen LogP contribution in [0.15, 0.2) is 67.1 Å². The van der Waals surface area contributed by atoms with Gasteiger partial charge in [0.1, 0.15) is 33.6 Å². The predicted octanol–water partition coefficient (Wildman–Crippen LogP) is 4.35. The number of amides is 5. The first-order valence-corrected chi connectivity index (χ1v) is 21.2. The smallest absolute Gasteiger partial charge is 0.441 e. The number of carbonyl (C=O) groups excluding carboxylic acids is 5. The molecule has 68 heavy (non-hydrogen) atoms. The minimum Gasteiger partial charge on any atom is -0.441 e. The number of nitriles is 1. The molecule has 1 saturated carbocycles. The molecule has 0 radical (unpaired) electrons. The first kappa shape index (κ1) is 46.4. The molecule has 1 saturated heterocycles. The fourth-order valence-corrected chi connectivity index (χ4v) is 7.49. The Balaban J connectivity index is 1.00. The van der Waals surface area contributed by atoms with Gasteiger partial charge < -0.3 is 30.6 Å². The highest BCUT2D eigenvalue weighted by molar-refractivity contribution is 6.30. The molecule has 2 fully saturated rings. The summed E-state index contributed by atoms with van der Waals surface area (Å²) in [5, 5.41) is 33.1. The summed E-state index contributed by atoms with van der Waals surface area (Å²) in [5.74, 6) is -1.33. The molecule has 1 aliphatic heterocycles. The summed E-state index contributed by atoms with van der Waals surface area (Å²) in [4.78, 5) is 81.5. The lowest BCUT2D eigenvalue weighted by Gasteiger charge is -2.33. The van der Waals surface area contributed by atoms with Crippen molar-refractivity contribution in [1.29, 1.82) is 5.26 Å². The Kier molecular flexibility index (Phi) is 12.7. The van der Waals surface area contributed by atoms with Gasteiger partial charge in [0.15, 0.2) is 16.9 Å². The van der Waals surface area contributed by atoms with E-state index < -0.39 is 52.9 Å². The summed E-state index contributed by atoms with van der Waals surface area (Å²) >= 11 is 13.0. The number of rotatable bonds is 14. The van der Waals surface area contributed by atoms with Crippen molar-refractivity contribution >= 4 is 76.1 Å². The van der Waals surface area contributed by atoms with Gasteiger partial charge in [-0.3, -0.25) is 29.7 Å². The van der Waals surface area contributed by atoms with E-state index in [9.17, 15) is 29.2 Å². The Morgan fingerprint density at radius 3 is 2.04 bits per heavy atom. The molecule has 1 aliphatic carbocycles. The van der Waals surface area contributed by atoms with Crippen LogP contribution in [0.4, 0.5) is 32.6 Å².